The van der Waals surface area contributed by atoms with Crippen LogP contribution in [0.2, 0.25) is 0 Å². The normalized spacial score (nSPS) is 36.1. The van der Waals surface area contributed by atoms with Gasteiger partial charge < -0.3 is 24.8 Å². The van der Waals surface area contributed by atoms with Crippen molar-refractivity contribution >= 4 is 29.5 Å². The van der Waals surface area contributed by atoms with E-state index in [0.717, 1.165) is 0 Å². The van der Waals surface area contributed by atoms with Crippen molar-refractivity contribution in [3.05, 3.63) is 0 Å². The van der Waals surface area contributed by atoms with E-state index >= 15 is 0 Å². The van der Waals surface area contributed by atoms with Gasteiger partial charge in [0.2, 0.25) is 5.41 Å². The van der Waals surface area contributed by atoms with Crippen LogP contribution in [0.15, 0.2) is 0 Å². The van der Waals surface area contributed by atoms with E-state index in [0.29, 0.717) is 44.9 Å². The van der Waals surface area contributed by atoms with Crippen LogP contribution in [-0.2, 0) is 33.4 Å². The maximum absolute atomic E-state index is 13.8. The predicted octanol–water partition coefficient (Wildman–Crippen LogP) is 3.79. The fourth-order valence-corrected chi connectivity index (χ4v) is 8.11. The number of Topliss-reactive ketones (excluding diaryl/α,β-unsaturated/α-hetero) is 2. The van der Waals surface area contributed by atoms with Crippen molar-refractivity contribution in [3.8, 4) is 0 Å². The van der Waals surface area contributed by atoms with Crippen molar-refractivity contribution in [1.82, 2.24) is 0 Å². The van der Waals surface area contributed by atoms with Gasteiger partial charge in [-0.25, -0.2) is 0 Å². The topological polar surface area (TPSA) is 164 Å². The van der Waals surface area contributed by atoms with E-state index in [4.69, 9.17) is 14.6 Å². The van der Waals surface area contributed by atoms with E-state index in [1.54, 1.807) is 0 Å². The van der Waals surface area contributed by atoms with Crippen LogP contribution < -0.4 is 0 Å². The van der Waals surface area contributed by atoms with Crippen LogP contribution in [0, 0.1) is 45.8 Å². The average molecular weight is 551 g/mol. The minimum atomic E-state index is -2.16. The molecule has 3 aliphatic carbocycles. The first-order valence-electron chi connectivity index (χ1n) is 14.1. The third kappa shape index (κ3) is 5.03. The minimum absolute atomic E-state index is 0.00830. The predicted molar refractivity (Wildman–Crippen MR) is 137 cm³/mol. The van der Waals surface area contributed by atoms with Gasteiger partial charge in [0.15, 0.2) is 5.79 Å². The summed E-state index contributed by atoms with van der Waals surface area (Å²) in [6, 6.07) is 0. The van der Waals surface area contributed by atoms with Crippen molar-refractivity contribution in [2.75, 3.05) is 13.2 Å². The number of carboxylic acid groups (broad SMARTS) is 3. The van der Waals surface area contributed by atoms with Gasteiger partial charge in [0, 0.05) is 43.4 Å². The number of carbonyl (C=O) groups is 5. The molecule has 0 bridgehead atoms. The summed E-state index contributed by atoms with van der Waals surface area (Å²) in [5, 5.41) is 28.2. The van der Waals surface area contributed by atoms with Crippen LogP contribution in [0.5, 0.6) is 0 Å². The molecular formula is C29H42O10. The number of hydrogen-bond acceptors (Lipinski definition) is 7. The maximum Gasteiger partial charge on any atom is 0.325 e. The van der Waals surface area contributed by atoms with Crippen LogP contribution >= 0.6 is 0 Å². The Morgan fingerprint density at radius 3 is 2.13 bits per heavy atom. The fourth-order valence-electron chi connectivity index (χ4n) is 8.11. The zero-order chi connectivity index (χ0) is 29.0. The zero-order valence-electron chi connectivity index (χ0n) is 23.4. The Morgan fingerprint density at radius 1 is 0.949 bits per heavy atom. The molecule has 10 heteroatoms. The molecule has 0 aromatic carbocycles. The molecule has 1 spiro atoms. The molecule has 3 saturated carbocycles. The number of ketones is 2. The second-order valence-electron chi connectivity index (χ2n) is 13.4. The number of fused-ring (bicyclic) bond motifs is 3. The standard InChI is InChI=1S/C29H42O10/c1-16(5-8-23(32)33)19-7-6-18-20(12-22(31)26(19,2)3)27(4)9-10-29(13-17(27)11-21(18)30)38-14-28(15-39-29,24(34)35)25(36)37/h16-20H,5-15H2,1-4H3,(H,32,33)(H,34,35)(H,36,37). The Morgan fingerprint density at radius 2 is 1.56 bits per heavy atom. The number of hydrogen-bond donors (Lipinski definition) is 3. The summed E-state index contributed by atoms with van der Waals surface area (Å²) in [6.45, 7) is 7.06. The van der Waals surface area contributed by atoms with Gasteiger partial charge in [-0.15, -0.1) is 0 Å². The molecule has 10 nitrogen and oxygen atoms in total. The molecule has 0 amide bonds. The highest BCUT2D eigenvalue weighted by molar-refractivity contribution is 5.98. The number of rotatable bonds is 6. The summed E-state index contributed by atoms with van der Waals surface area (Å²) >= 11 is 0. The first-order valence-corrected chi connectivity index (χ1v) is 14.1. The molecule has 1 aliphatic heterocycles. The van der Waals surface area contributed by atoms with Crippen LogP contribution in [0.4, 0.5) is 0 Å². The second-order valence-corrected chi connectivity index (χ2v) is 13.4. The van der Waals surface area contributed by atoms with Crippen molar-refractivity contribution in [2.45, 2.75) is 91.3 Å². The lowest BCUT2D eigenvalue weighted by Gasteiger charge is -2.59. The number of ether oxygens (including phenoxy) is 2. The van der Waals surface area contributed by atoms with Crippen LogP contribution in [0.3, 0.4) is 0 Å². The quantitative estimate of drug-likeness (QED) is 0.414. The molecule has 0 aromatic heterocycles. The van der Waals surface area contributed by atoms with Gasteiger partial charge in [-0.3, -0.25) is 24.0 Å². The van der Waals surface area contributed by atoms with Gasteiger partial charge in [-0.2, -0.15) is 0 Å². The monoisotopic (exact) mass is 550 g/mol. The minimum Gasteiger partial charge on any atom is -0.481 e. The van der Waals surface area contributed by atoms with Crippen molar-refractivity contribution in [1.29, 1.82) is 0 Å². The van der Waals surface area contributed by atoms with Gasteiger partial charge >= 0.3 is 17.9 Å². The molecule has 0 radical (unpaired) electrons. The first kappa shape index (κ1) is 29.6. The Balaban J connectivity index is 1.54. The second kappa shape index (κ2) is 10.3. The van der Waals surface area contributed by atoms with E-state index in [-0.39, 0.29) is 59.4 Å². The highest BCUT2D eigenvalue weighted by atomic mass is 16.7. The zero-order valence-corrected chi connectivity index (χ0v) is 23.4. The van der Waals surface area contributed by atoms with E-state index < -0.39 is 47.7 Å². The van der Waals surface area contributed by atoms with E-state index in [1.165, 1.54) is 0 Å². The number of carbonyl (C=O) groups excluding carboxylic acids is 2. The summed E-state index contributed by atoms with van der Waals surface area (Å²) < 4.78 is 11.8. The lowest BCUT2D eigenvalue weighted by molar-refractivity contribution is -0.325. The Labute approximate surface area is 228 Å². The number of aliphatic carboxylic acids is 3. The molecule has 39 heavy (non-hydrogen) atoms. The molecule has 4 fully saturated rings. The molecule has 218 valence electrons. The Bertz CT molecular complexity index is 1020. The van der Waals surface area contributed by atoms with Gasteiger partial charge in [0.05, 0.1) is 13.2 Å². The summed E-state index contributed by atoms with van der Waals surface area (Å²) in [4.78, 5) is 62.0. The highest BCUT2D eigenvalue weighted by Gasteiger charge is 2.62. The SMILES string of the molecule is CC(CCC(=O)O)C1CCC2C(=O)CC3CC4(CCC3(C)C2CC(=O)C1(C)C)OCC(C(=O)O)(C(=O)O)CO4. The third-order valence-corrected chi connectivity index (χ3v) is 11.1. The van der Waals surface area contributed by atoms with Gasteiger partial charge in [0.1, 0.15) is 11.6 Å². The van der Waals surface area contributed by atoms with Crippen molar-refractivity contribution in [3.63, 3.8) is 0 Å². The fraction of sp³-hybridized carbons (Fsp3) is 0.828. The van der Waals surface area contributed by atoms with Gasteiger partial charge in [-0.05, 0) is 54.8 Å². The molecule has 6 atom stereocenters. The van der Waals surface area contributed by atoms with Crippen LogP contribution in [0.25, 0.3) is 0 Å². The van der Waals surface area contributed by atoms with Crippen molar-refractivity contribution in [2.24, 2.45) is 45.8 Å². The molecule has 3 N–H and O–H groups in total. The Hall–Kier alpha value is -2.33. The molecule has 1 heterocycles. The smallest absolute Gasteiger partial charge is 0.325 e. The van der Waals surface area contributed by atoms with E-state index in [2.05, 4.69) is 6.92 Å². The van der Waals surface area contributed by atoms with Crippen LogP contribution in [-0.4, -0.2) is 63.8 Å². The largest absolute Gasteiger partial charge is 0.481 e. The molecule has 4 rings (SSSR count). The molecule has 0 aromatic rings. The summed E-state index contributed by atoms with van der Waals surface area (Å²) in [6.07, 6.45) is 3.90. The summed E-state index contributed by atoms with van der Waals surface area (Å²) in [5.41, 5.74) is -3.12. The van der Waals surface area contributed by atoms with Gasteiger partial charge in [-0.1, -0.05) is 27.7 Å². The van der Waals surface area contributed by atoms with Gasteiger partial charge in [0.25, 0.3) is 0 Å². The number of carboxylic acids is 3. The molecule has 6 unspecified atom stereocenters. The maximum atomic E-state index is 13.8. The lowest BCUT2D eigenvalue weighted by Crippen LogP contribution is -2.61. The summed E-state index contributed by atoms with van der Waals surface area (Å²) in [7, 11) is 0. The third-order valence-electron chi connectivity index (χ3n) is 11.1. The molecule has 4 aliphatic rings. The highest BCUT2D eigenvalue weighted by Crippen LogP contribution is 2.61. The average Bonchev–Trinajstić information content (AvgIpc) is 2.85. The summed E-state index contributed by atoms with van der Waals surface area (Å²) in [5.74, 6) is -5.26. The Kier molecular flexibility index (Phi) is 7.79. The van der Waals surface area contributed by atoms with E-state index in [1.807, 2.05) is 20.8 Å². The molecular weight excluding hydrogens is 508 g/mol. The van der Waals surface area contributed by atoms with E-state index in [9.17, 15) is 34.2 Å². The lowest BCUT2D eigenvalue weighted by atomic mass is 9.48. The molecule has 1 saturated heterocycles. The van der Waals surface area contributed by atoms with Crippen LogP contribution in [0.1, 0.15) is 85.5 Å². The van der Waals surface area contributed by atoms with Crippen molar-refractivity contribution < 1.29 is 48.8 Å². The first-order chi connectivity index (χ1) is 18.1.